The van der Waals surface area contributed by atoms with E-state index >= 15 is 0 Å². The Labute approximate surface area is 190 Å². The zero-order valence-corrected chi connectivity index (χ0v) is 18.9. The molecule has 4 rings (SSSR count). The first-order chi connectivity index (χ1) is 15.4. The highest BCUT2D eigenvalue weighted by molar-refractivity contribution is 7.89. The molecule has 1 saturated heterocycles. The highest BCUT2D eigenvalue weighted by Gasteiger charge is 2.31. The van der Waals surface area contributed by atoms with Gasteiger partial charge >= 0.3 is 0 Å². The zero-order valence-electron chi connectivity index (χ0n) is 17.3. The van der Waals surface area contributed by atoms with Gasteiger partial charge in [0.05, 0.1) is 5.69 Å². The molecule has 166 valence electrons. The molecule has 9 heteroatoms. The van der Waals surface area contributed by atoms with Crippen molar-refractivity contribution in [2.45, 2.75) is 17.7 Å². The maximum Gasteiger partial charge on any atom is 0.260 e. The van der Waals surface area contributed by atoms with Gasteiger partial charge in [0.2, 0.25) is 10.0 Å². The van der Waals surface area contributed by atoms with Gasteiger partial charge in [0.15, 0.2) is 5.13 Å². The Morgan fingerprint density at radius 2 is 1.91 bits per heavy atom. The van der Waals surface area contributed by atoms with Crippen molar-refractivity contribution in [2.75, 3.05) is 24.5 Å². The lowest BCUT2D eigenvalue weighted by atomic mass is 10.2. The van der Waals surface area contributed by atoms with Crippen LogP contribution in [-0.2, 0) is 10.0 Å². The maximum absolute atomic E-state index is 14.5. The van der Waals surface area contributed by atoms with Crippen molar-refractivity contribution in [3.8, 4) is 11.3 Å². The summed E-state index contributed by atoms with van der Waals surface area (Å²) in [6, 6.07) is 13.0. The number of hydrogen-bond acceptors (Lipinski definition) is 5. The first-order valence-corrected chi connectivity index (χ1v) is 12.5. The van der Waals surface area contributed by atoms with E-state index in [2.05, 4.69) is 11.6 Å². The minimum absolute atomic E-state index is 0.0717. The van der Waals surface area contributed by atoms with Crippen molar-refractivity contribution in [1.82, 2.24) is 9.29 Å². The van der Waals surface area contributed by atoms with Crippen molar-refractivity contribution < 1.29 is 17.6 Å². The molecule has 0 aliphatic carbocycles. The van der Waals surface area contributed by atoms with Gasteiger partial charge in [-0.3, -0.25) is 9.69 Å². The van der Waals surface area contributed by atoms with Gasteiger partial charge in [-0.25, -0.2) is 17.8 Å². The Morgan fingerprint density at radius 3 is 2.59 bits per heavy atom. The highest BCUT2D eigenvalue weighted by Crippen LogP contribution is 2.30. The molecule has 1 aliphatic rings. The van der Waals surface area contributed by atoms with Crippen molar-refractivity contribution in [3.63, 3.8) is 0 Å². The molecular formula is C23H22FN3O3S2. The highest BCUT2D eigenvalue weighted by atomic mass is 32.2. The van der Waals surface area contributed by atoms with Crippen LogP contribution >= 0.6 is 11.3 Å². The molecule has 2 heterocycles. The van der Waals surface area contributed by atoms with E-state index in [4.69, 9.17) is 0 Å². The molecule has 1 amide bonds. The normalized spacial score (nSPS) is 14.4. The van der Waals surface area contributed by atoms with Crippen LogP contribution in [0.15, 0.2) is 71.5 Å². The summed E-state index contributed by atoms with van der Waals surface area (Å²) >= 11 is 1.29. The van der Waals surface area contributed by atoms with E-state index in [9.17, 15) is 17.6 Å². The molecule has 0 N–H and O–H groups in total. The average molecular weight is 472 g/mol. The van der Waals surface area contributed by atoms with E-state index in [1.165, 1.54) is 26.6 Å². The van der Waals surface area contributed by atoms with Crippen LogP contribution in [0.5, 0.6) is 0 Å². The molecular weight excluding hydrogens is 449 g/mol. The molecule has 1 aromatic heterocycles. The number of halogens is 1. The SMILES string of the molecule is C=CCN(C(=O)c1ccc(F)c(S(=O)(=O)N2CCCC2)c1)c1nc(-c2ccccc2)cs1. The predicted molar refractivity (Wildman–Crippen MR) is 124 cm³/mol. The summed E-state index contributed by atoms with van der Waals surface area (Å²) in [4.78, 5) is 18.8. The van der Waals surface area contributed by atoms with Crippen molar-refractivity contribution in [3.05, 3.63) is 77.9 Å². The van der Waals surface area contributed by atoms with Crippen LogP contribution in [0.1, 0.15) is 23.2 Å². The fourth-order valence-electron chi connectivity index (χ4n) is 3.56. The number of carbonyl (C=O) groups is 1. The number of nitrogens with zero attached hydrogens (tertiary/aromatic N) is 3. The Bertz CT molecular complexity index is 1240. The third-order valence-corrected chi connectivity index (χ3v) is 7.99. The molecule has 0 saturated carbocycles. The number of thiazole rings is 1. The number of amides is 1. The monoisotopic (exact) mass is 471 g/mol. The lowest BCUT2D eigenvalue weighted by molar-refractivity contribution is 0.0989. The molecule has 1 aliphatic heterocycles. The number of carbonyl (C=O) groups excluding carboxylic acids is 1. The van der Waals surface area contributed by atoms with E-state index in [1.54, 1.807) is 6.08 Å². The number of hydrogen-bond donors (Lipinski definition) is 0. The summed E-state index contributed by atoms with van der Waals surface area (Å²) in [7, 11) is -4.01. The van der Waals surface area contributed by atoms with Crippen LogP contribution in [-0.4, -0.2) is 43.2 Å². The van der Waals surface area contributed by atoms with E-state index < -0.39 is 26.6 Å². The van der Waals surface area contributed by atoms with Crippen LogP contribution in [0, 0.1) is 5.82 Å². The molecule has 0 radical (unpaired) electrons. The molecule has 0 unspecified atom stereocenters. The summed E-state index contributed by atoms with van der Waals surface area (Å²) in [5.74, 6) is -1.35. The number of rotatable bonds is 7. The summed E-state index contributed by atoms with van der Waals surface area (Å²) in [6.07, 6.45) is 3.04. The third-order valence-electron chi connectivity index (χ3n) is 5.21. The van der Waals surface area contributed by atoms with Gasteiger partial charge in [0, 0.05) is 36.1 Å². The zero-order chi connectivity index (χ0) is 22.7. The number of benzene rings is 2. The van der Waals surface area contributed by atoms with Crippen LogP contribution < -0.4 is 4.90 Å². The van der Waals surface area contributed by atoms with Gasteiger partial charge in [-0.05, 0) is 31.0 Å². The molecule has 32 heavy (non-hydrogen) atoms. The molecule has 0 spiro atoms. The van der Waals surface area contributed by atoms with Gasteiger partial charge in [-0.2, -0.15) is 4.31 Å². The second-order valence-corrected chi connectivity index (χ2v) is 10.1. The van der Waals surface area contributed by atoms with Gasteiger partial charge in [0.1, 0.15) is 10.7 Å². The fourth-order valence-corrected chi connectivity index (χ4v) is 6.01. The maximum atomic E-state index is 14.5. The molecule has 0 atom stereocenters. The summed E-state index contributed by atoms with van der Waals surface area (Å²) in [5.41, 5.74) is 1.72. The van der Waals surface area contributed by atoms with Crippen LogP contribution in [0.3, 0.4) is 0 Å². The van der Waals surface area contributed by atoms with Crippen molar-refractivity contribution in [1.29, 1.82) is 0 Å². The lowest BCUT2D eigenvalue weighted by Crippen LogP contribution is -2.32. The molecule has 2 aromatic carbocycles. The van der Waals surface area contributed by atoms with Crippen LogP contribution in [0.2, 0.25) is 0 Å². The second kappa shape index (κ2) is 9.32. The minimum atomic E-state index is -4.01. The molecule has 1 fully saturated rings. The Morgan fingerprint density at radius 1 is 1.19 bits per heavy atom. The Hall–Kier alpha value is -2.88. The first kappa shape index (κ1) is 22.3. The van der Waals surface area contributed by atoms with Gasteiger partial charge in [-0.1, -0.05) is 36.4 Å². The van der Waals surface area contributed by atoms with Gasteiger partial charge < -0.3 is 0 Å². The number of aromatic nitrogens is 1. The summed E-state index contributed by atoms with van der Waals surface area (Å²) < 4.78 is 41.5. The Kier molecular flexibility index (Phi) is 6.50. The average Bonchev–Trinajstić information content (AvgIpc) is 3.51. The van der Waals surface area contributed by atoms with Crippen LogP contribution in [0.25, 0.3) is 11.3 Å². The Balaban J connectivity index is 1.67. The van der Waals surface area contributed by atoms with E-state index in [0.29, 0.717) is 18.2 Å². The smallest absolute Gasteiger partial charge is 0.260 e. The molecule has 0 bridgehead atoms. The van der Waals surface area contributed by atoms with Gasteiger partial charge in [-0.15, -0.1) is 17.9 Å². The van der Waals surface area contributed by atoms with E-state index in [-0.39, 0.29) is 12.1 Å². The van der Waals surface area contributed by atoms with Crippen molar-refractivity contribution in [2.24, 2.45) is 0 Å². The second-order valence-electron chi connectivity index (χ2n) is 7.34. The van der Waals surface area contributed by atoms with E-state index in [1.807, 2.05) is 35.7 Å². The minimum Gasteiger partial charge on any atom is -0.280 e. The lowest BCUT2D eigenvalue weighted by Gasteiger charge is -2.20. The molecule has 6 nitrogen and oxygen atoms in total. The molecule has 3 aromatic rings. The fraction of sp³-hybridized carbons (Fsp3) is 0.217. The topological polar surface area (TPSA) is 70.6 Å². The summed E-state index contributed by atoms with van der Waals surface area (Å²) in [6.45, 7) is 4.59. The number of anilines is 1. The summed E-state index contributed by atoms with van der Waals surface area (Å²) in [5, 5.41) is 2.30. The third kappa shape index (κ3) is 4.36. The predicted octanol–water partition coefficient (Wildman–Crippen LogP) is 4.57. The standard InChI is InChI=1S/C23H22FN3O3S2/c1-2-12-27(23-25-20(16-31-23)17-8-4-3-5-9-17)22(28)18-10-11-19(24)21(15-18)32(29,30)26-13-6-7-14-26/h2-5,8-11,15-16H,1,6-7,12-14H2. The van der Waals surface area contributed by atoms with Gasteiger partial charge in [0.25, 0.3) is 5.91 Å². The largest absolute Gasteiger partial charge is 0.280 e. The number of sulfonamides is 1. The van der Waals surface area contributed by atoms with Crippen LogP contribution in [0.4, 0.5) is 9.52 Å². The first-order valence-electron chi connectivity index (χ1n) is 10.1. The quantitative estimate of drug-likeness (QED) is 0.474. The van der Waals surface area contributed by atoms with Crippen molar-refractivity contribution >= 4 is 32.4 Å². The van der Waals surface area contributed by atoms with E-state index in [0.717, 1.165) is 36.2 Å².